The molecule has 5 aromatic rings. The highest BCUT2D eigenvalue weighted by Crippen LogP contribution is 2.47. The highest BCUT2D eigenvalue weighted by molar-refractivity contribution is 6.06. The predicted molar refractivity (Wildman–Crippen MR) is 282 cm³/mol. The standard InChI is InChI=1S/C56H66F2N10O7/c1-7-10-45(52(72)59-32-69)68(33-70)54(73)42-26-39(13-11-34(42)4)65-19-15-38(16-20-65)66-23-21-64(22-24-66)30-56(17-18-56)31-75-55-62-50-47(51(63-55)67-28-35(5)60-37(8-2)29-67)53(74-6)61-49(48(50)58)43-27-40(71)25-36-12-14-44(57)41(9-3)46(36)43/h3,11-14,25-27,32-33,35,37-38,45,60,71H,7-8,10,15-24,28-31H2,1-2,4-6H3,(H,59,69,72). The number of halogens is 2. The Morgan fingerprint density at radius 2 is 1.76 bits per heavy atom. The number of aryl methyl sites for hydroxylation is 1. The molecule has 396 valence electrons. The number of aromatic hydroxyl groups is 1. The van der Waals surface area contributed by atoms with E-state index in [1.54, 1.807) is 13.0 Å². The molecule has 3 atom stereocenters. The molecule has 2 aromatic heterocycles. The molecule has 3 saturated heterocycles. The molecule has 0 spiro atoms. The van der Waals surface area contributed by atoms with E-state index >= 15 is 8.78 Å². The second kappa shape index (κ2) is 22.5. The molecule has 1 aliphatic carbocycles. The molecule has 4 amide bonds. The van der Waals surface area contributed by atoms with Gasteiger partial charge in [0.15, 0.2) is 5.82 Å². The minimum atomic E-state index is -1.10. The summed E-state index contributed by atoms with van der Waals surface area (Å²) in [6.07, 6.45) is 11.9. The number of phenolic OH excluding ortho intramolecular Hbond substituents is 1. The molecular weight excluding hydrogens is 963 g/mol. The molecule has 3 unspecified atom stereocenters. The number of hydrogen-bond donors (Lipinski definition) is 3. The first kappa shape index (κ1) is 52.8. The number of methoxy groups -OCH3 is 1. The number of piperidine rings is 1. The van der Waals surface area contributed by atoms with E-state index < -0.39 is 29.5 Å². The lowest BCUT2D eigenvalue weighted by molar-refractivity contribution is -0.133. The molecule has 0 radical (unpaired) electrons. The summed E-state index contributed by atoms with van der Waals surface area (Å²) < 4.78 is 45.1. The minimum Gasteiger partial charge on any atom is -0.508 e. The molecule has 4 aliphatic rings. The lowest BCUT2D eigenvalue weighted by Crippen LogP contribution is -2.55. The zero-order chi connectivity index (χ0) is 53.1. The molecule has 19 heteroatoms. The van der Waals surface area contributed by atoms with Gasteiger partial charge in [-0.05, 0) is 93.7 Å². The number of ether oxygens (including phenoxy) is 2. The molecule has 4 fully saturated rings. The predicted octanol–water partition coefficient (Wildman–Crippen LogP) is 6.19. The Hall–Kier alpha value is -7.01. The maximum atomic E-state index is 17.5. The van der Waals surface area contributed by atoms with E-state index in [4.69, 9.17) is 25.9 Å². The van der Waals surface area contributed by atoms with Crippen molar-refractivity contribution in [3.63, 3.8) is 0 Å². The van der Waals surface area contributed by atoms with Gasteiger partial charge in [0.1, 0.15) is 40.0 Å². The average Bonchev–Trinajstić information content (AvgIpc) is 4.19. The molecule has 17 nitrogen and oxygen atoms in total. The number of rotatable bonds is 18. The maximum Gasteiger partial charge on any atom is 0.319 e. The maximum absolute atomic E-state index is 17.5. The van der Waals surface area contributed by atoms with E-state index in [1.165, 1.54) is 31.4 Å². The summed E-state index contributed by atoms with van der Waals surface area (Å²) in [5, 5.41) is 17.4. The summed E-state index contributed by atoms with van der Waals surface area (Å²) in [5.74, 6) is -0.0587. The van der Waals surface area contributed by atoms with Crippen LogP contribution in [0.15, 0.2) is 42.5 Å². The zero-order valence-electron chi connectivity index (χ0n) is 43.3. The average molecular weight is 1030 g/mol. The van der Waals surface area contributed by atoms with Crippen LogP contribution in [0.2, 0.25) is 0 Å². The molecule has 0 bridgehead atoms. The Bertz CT molecular complexity index is 3020. The molecular formula is C56H66F2N10O7. The number of nitrogens with one attached hydrogen (secondary N) is 2. The van der Waals surface area contributed by atoms with E-state index in [1.807, 2.05) is 19.1 Å². The van der Waals surface area contributed by atoms with Crippen LogP contribution in [-0.4, -0.2) is 156 Å². The van der Waals surface area contributed by atoms with Gasteiger partial charge in [-0.3, -0.25) is 34.3 Å². The first-order valence-corrected chi connectivity index (χ1v) is 26.1. The number of terminal acetylenes is 1. The van der Waals surface area contributed by atoms with Crippen molar-refractivity contribution in [2.75, 3.05) is 82.4 Å². The van der Waals surface area contributed by atoms with Crippen molar-refractivity contribution in [2.45, 2.75) is 96.8 Å². The van der Waals surface area contributed by atoms with Crippen molar-refractivity contribution in [3.05, 3.63) is 70.8 Å². The number of imide groups is 2. The van der Waals surface area contributed by atoms with Crippen LogP contribution >= 0.6 is 0 Å². The first-order valence-electron chi connectivity index (χ1n) is 26.1. The van der Waals surface area contributed by atoms with E-state index in [0.29, 0.717) is 60.9 Å². The van der Waals surface area contributed by atoms with Crippen LogP contribution in [0.3, 0.4) is 0 Å². The third-order valence-corrected chi connectivity index (χ3v) is 15.6. The Kier molecular flexibility index (Phi) is 15.8. The number of piperazine rings is 2. The molecule has 3 N–H and O–H groups in total. The van der Waals surface area contributed by atoms with Crippen LogP contribution in [0, 0.1) is 36.3 Å². The van der Waals surface area contributed by atoms with Crippen molar-refractivity contribution >= 4 is 57.8 Å². The minimum absolute atomic E-state index is 0.0190. The molecule has 1 saturated carbocycles. The van der Waals surface area contributed by atoms with Gasteiger partial charge in [0, 0.05) is 105 Å². The van der Waals surface area contributed by atoms with Gasteiger partial charge in [-0.1, -0.05) is 38.3 Å². The lowest BCUT2D eigenvalue weighted by atomic mass is 9.95. The van der Waals surface area contributed by atoms with Crippen LogP contribution in [0.25, 0.3) is 32.9 Å². The van der Waals surface area contributed by atoms with E-state index in [0.717, 1.165) is 88.5 Å². The first-order chi connectivity index (χ1) is 36.2. The summed E-state index contributed by atoms with van der Waals surface area (Å²) in [6.45, 7) is 15.4. The van der Waals surface area contributed by atoms with Crippen molar-refractivity contribution in [3.8, 4) is 41.2 Å². The number of carbonyl (C=O) groups excluding carboxylic acids is 4. The van der Waals surface area contributed by atoms with Gasteiger partial charge in [-0.15, -0.1) is 6.42 Å². The van der Waals surface area contributed by atoms with Crippen LogP contribution in [0.4, 0.5) is 20.3 Å². The van der Waals surface area contributed by atoms with Crippen LogP contribution in [0.1, 0.15) is 87.2 Å². The quantitative estimate of drug-likeness (QED) is 0.0666. The molecule has 3 aromatic carbocycles. The van der Waals surface area contributed by atoms with Crippen molar-refractivity contribution in [2.24, 2.45) is 5.41 Å². The Balaban J connectivity index is 0.881. The van der Waals surface area contributed by atoms with Crippen molar-refractivity contribution < 1.29 is 42.5 Å². The second-order valence-electron chi connectivity index (χ2n) is 20.6. The Labute approximate surface area is 435 Å². The Morgan fingerprint density at radius 1 is 1.00 bits per heavy atom. The van der Waals surface area contributed by atoms with Crippen LogP contribution < -0.4 is 29.9 Å². The largest absolute Gasteiger partial charge is 0.508 e. The number of phenols is 1. The summed E-state index contributed by atoms with van der Waals surface area (Å²) >= 11 is 0. The van der Waals surface area contributed by atoms with Crippen LogP contribution in [0.5, 0.6) is 17.6 Å². The topological polar surface area (TPSA) is 186 Å². The SMILES string of the molecule is C#Cc1c(F)ccc2cc(O)cc(-c3nc(OC)c4c(N5CC(C)NC(CC)C5)nc(OCC5(CN6CCN(C7CCN(c8ccc(C)c(C(=O)N(C=O)C(CCC)C(=O)NC=O)c8)CC7)CC6)CC5)nc4c3F)c12. The summed E-state index contributed by atoms with van der Waals surface area (Å²) in [6, 6.07) is 10.6. The number of carbonyl (C=O) groups is 4. The highest BCUT2D eigenvalue weighted by atomic mass is 19.1. The van der Waals surface area contributed by atoms with E-state index in [2.05, 4.69) is 55.0 Å². The van der Waals surface area contributed by atoms with Gasteiger partial charge in [0.25, 0.3) is 5.91 Å². The van der Waals surface area contributed by atoms with Gasteiger partial charge >= 0.3 is 6.01 Å². The van der Waals surface area contributed by atoms with Crippen LogP contribution in [-0.2, 0) is 14.4 Å². The number of amides is 4. The van der Waals surface area contributed by atoms with Gasteiger partial charge < -0.3 is 34.6 Å². The lowest BCUT2D eigenvalue weighted by Gasteiger charge is -2.44. The third-order valence-electron chi connectivity index (χ3n) is 15.6. The third kappa shape index (κ3) is 10.9. The zero-order valence-corrected chi connectivity index (χ0v) is 43.3. The van der Waals surface area contributed by atoms with E-state index in [9.17, 15) is 24.3 Å². The fourth-order valence-corrected chi connectivity index (χ4v) is 11.3. The monoisotopic (exact) mass is 1030 g/mol. The van der Waals surface area contributed by atoms with Gasteiger partial charge in [0.05, 0.1) is 19.3 Å². The molecule has 75 heavy (non-hydrogen) atoms. The molecule has 5 heterocycles. The number of fused-ring (bicyclic) bond motifs is 2. The number of aromatic nitrogens is 3. The number of nitrogens with zero attached hydrogens (tertiary/aromatic N) is 8. The van der Waals surface area contributed by atoms with Crippen molar-refractivity contribution in [1.29, 1.82) is 0 Å². The fourth-order valence-electron chi connectivity index (χ4n) is 11.3. The molecule has 3 aliphatic heterocycles. The second-order valence-corrected chi connectivity index (χ2v) is 20.6. The fraction of sp³-hybridized carbons (Fsp3) is 0.482. The van der Waals surface area contributed by atoms with Gasteiger partial charge in [-0.25, -0.2) is 13.8 Å². The number of anilines is 2. The Morgan fingerprint density at radius 3 is 2.43 bits per heavy atom. The number of benzene rings is 3. The summed E-state index contributed by atoms with van der Waals surface area (Å²) in [7, 11) is 1.44. The smallest absolute Gasteiger partial charge is 0.319 e. The van der Waals surface area contributed by atoms with Gasteiger partial charge in [-0.2, -0.15) is 9.97 Å². The summed E-state index contributed by atoms with van der Waals surface area (Å²) in [4.78, 5) is 74.4. The normalized spacial score (nSPS) is 19.6. The van der Waals surface area contributed by atoms with Gasteiger partial charge in [0.2, 0.25) is 24.6 Å². The number of pyridine rings is 1. The van der Waals surface area contributed by atoms with Crippen molar-refractivity contribution in [1.82, 2.24) is 40.3 Å². The van der Waals surface area contributed by atoms with E-state index in [-0.39, 0.29) is 81.1 Å². The number of hydrogen-bond acceptors (Lipinski definition) is 15. The highest BCUT2D eigenvalue weighted by Gasteiger charge is 2.46. The summed E-state index contributed by atoms with van der Waals surface area (Å²) in [5.41, 5.74) is 1.45. The molecule has 9 rings (SSSR count).